The molecule has 2 aromatic carbocycles. The first-order valence-electron chi connectivity index (χ1n) is 8.42. The molecule has 29 heavy (non-hydrogen) atoms. The molecule has 9 heteroatoms. The molecular formula is C20H14I2N4O3. The first-order valence-corrected chi connectivity index (χ1v) is 10.6. The summed E-state index contributed by atoms with van der Waals surface area (Å²) in [4.78, 5) is 0. The van der Waals surface area contributed by atoms with Crippen molar-refractivity contribution in [2.75, 3.05) is 7.11 Å². The minimum atomic E-state index is -0.622. The number of nitrogens with one attached hydrogen (secondary N) is 1. The zero-order valence-electron chi connectivity index (χ0n) is 15.0. The number of rotatable bonds is 3. The van der Waals surface area contributed by atoms with Crippen LogP contribution in [0.3, 0.4) is 0 Å². The molecule has 0 spiro atoms. The Labute approximate surface area is 193 Å². The average molecular weight is 612 g/mol. The maximum atomic E-state index is 10.8. The summed E-state index contributed by atoms with van der Waals surface area (Å²) in [5.41, 5.74) is 8.99. The third-order valence-corrected chi connectivity index (χ3v) is 6.13. The van der Waals surface area contributed by atoms with Crippen LogP contribution in [0, 0.1) is 18.5 Å². The zero-order valence-corrected chi connectivity index (χ0v) is 19.3. The number of halogens is 2. The number of hydrogen-bond donors (Lipinski definition) is 3. The van der Waals surface area contributed by atoms with Crippen LogP contribution in [-0.4, -0.2) is 22.4 Å². The van der Waals surface area contributed by atoms with Gasteiger partial charge in [-0.15, -0.1) is 5.10 Å². The monoisotopic (exact) mass is 612 g/mol. The van der Waals surface area contributed by atoms with Gasteiger partial charge in [0.25, 0.3) is 0 Å². The first kappa shape index (κ1) is 19.8. The molecule has 0 radical (unpaired) electrons. The first-order chi connectivity index (χ1) is 13.9. The number of aromatic hydroxyl groups is 1. The van der Waals surface area contributed by atoms with E-state index < -0.39 is 5.92 Å². The van der Waals surface area contributed by atoms with Gasteiger partial charge in [0, 0.05) is 14.7 Å². The third kappa shape index (κ3) is 3.40. The van der Waals surface area contributed by atoms with Crippen molar-refractivity contribution in [1.82, 2.24) is 10.2 Å². The summed E-state index contributed by atoms with van der Waals surface area (Å²) in [6.07, 6.45) is 0. The standard InChI is InChI=1S/C20H14I2N4O3/c1-28-11-4-2-9(3-5-11)17-16-15(12-6-10(21)7-14(22)18(12)27)13(8-23)19(24)29-20(16)26-25-17/h2-7,15,27H,24H2,1H3,(H,25,26)/t15-/m0/s1. The van der Waals surface area contributed by atoms with Gasteiger partial charge in [0.05, 0.1) is 27.9 Å². The predicted octanol–water partition coefficient (Wildman–Crippen LogP) is 4.22. The van der Waals surface area contributed by atoms with E-state index in [0.29, 0.717) is 20.4 Å². The van der Waals surface area contributed by atoms with E-state index >= 15 is 0 Å². The number of nitriles is 1. The molecule has 146 valence electrons. The molecule has 4 rings (SSSR count). The molecule has 1 atom stereocenters. The van der Waals surface area contributed by atoms with Crippen molar-refractivity contribution in [3.8, 4) is 34.7 Å². The number of aromatic nitrogens is 2. The number of nitrogens with two attached hydrogens (primary N) is 1. The molecule has 0 saturated heterocycles. The predicted molar refractivity (Wildman–Crippen MR) is 123 cm³/mol. The summed E-state index contributed by atoms with van der Waals surface area (Å²) < 4.78 is 12.5. The number of ether oxygens (including phenoxy) is 2. The third-order valence-electron chi connectivity index (χ3n) is 4.69. The van der Waals surface area contributed by atoms with Crippen LogP contribution in [-0.2, 0) is 0 Å². The van der Waals surface area contributed by atoms with Gasteiger partial charge in [-0.1, -0.05) is 0 Å². The lowest BCUT2D eigenvalue weighted by Gasteiger charge is -2.25. The van der Waals surface area contributed by atoms with Gasteiger partial charge in [-0.25, -0.2) is 0 Å². The number of phenols is 1. The van der Waals surface area contributed by atoms with Crippen LogP contribution in [0.5, 0.6) is 17.4 Å². The Morgan fingerprint density at radius 3 is 2.66 bits per heavy atom. The van der Waals surface area contributed by atoms with E-state index in [0.717, 1.165) is 14.9 Å². The summed E-state index contributed by atoms with van der Waals surface area (Å²) in [6, 6.07) is 13.3. The summed E-state index contributed by atoms with van der Waals surface area (Å²) in [6.45, 7) is 0. The lowest BCUT2D eigenvalue weighted by Crippen LogP contribution is -2.21. The van der Waals surface area contributed by atoms with Crippen LogP contribution in [0.1, 0.15) is 17.0 Å². The highest BCUT2D eigenvalue weighted by atomic mass is 127. The second kappa shape index (κ2) is 7.75. The van der Waals surface area contributed by atoms with Crippen molar-refractivity contribution in [3.63, 3.8) is 0 Å². The smallest absolute Gasteiger partial charge is 0.244 e. The fourth-order valence-corrected chi connectivity index (χ4v) is 5.23. The van der Waals surface area contributed by atoms with Gasteiger partial charge < -0.3 is 20.3 Å². The van der Waals surface area contributed by atoms with Gasteiger partial charge in [-0.05, 0) is 81.6 Å². The van der Waals surface area contributed by atoms with Crippen molar-refractivity contribution in [3.05, 3.63) is 66.1 Å². The largest absolute Gasteiger partial charge is 0.507 e. The summed E-state index contributed by atoms with van der Waals surface area (Å²) in [7, 11) is 1.60. The van der Waals surface area contributed by atoms with Crippen LogP contribution in [0.4, 0.5) is 0 Å². The molecule has 1 aliphatic heterocycles. The number of nitrogens with zero attached hydrogens (tertiary/aromatic N) is 2. The Bertz CT molecular complexity index is 1180. The summed E-state index contributed by atoms with van der Waals surface area (Å²) in [5, 5.41) is 27.9. The molecule has 0 amide bonds. The van der Waals surface area contributed by atoms with E-state index in [-0.39, 0.29) is 23.1 Å². The van der Waals surface area contributed by atoms with E-state index in [1.54, 1.807) is 7.11 Å². The summed E-state index contributed by atoms with van der Waals surface area (Å²) in [5.74, 6) is 0.465. The van der Waals surface area contributed by atoms with E-state index in [4.69, 9.17) is 15.2 Å². The number of aromatic amines is 1. The van der Waals surface area contributed by atoms with E-state index in [1.807, 2.05) is 36.4 Å². The molecule has 1 aliphatic rings. The number of hydrogen-bond acceptors (Lipinski definition) is 6. The summed E-state index contributed by atoms with van der Waals surface area (Å²) >= 11 is 4.25. The Hall–Kier alpha value is -2.46. The second-order valence-corrected chi connectivity index (χ2v) is 8.70. The molecule has 0 aliphatic carbocycles. The van der Waals surface area contributed by atoms with Crippen LogP contribution >= 0.6 is 45.2 Å². The van der Waals surface area contributed by atoms with Gasteiger partial charge in [0.2, 0.25) is 11.8 Å². The normalized spacial score (nSPS) is 15.4. The Balaban J connectivity index is 1.97. The SMILES string of the molecule is COc1ccc(-c2[nH]nc3c2[C@@H](c2cc(I)cc(I)c2O)C(C#N)=C(N)O3)cc1. The average Bonchev–Trinajstić information content (AvgIpc) is 3.13. The minimum absolute atomic E-state index is 0.0222. The van der Waals surface area contributed by atoms with Gasteiger partial charge in [0.1, 0.15) is 23.1 Å². The molecule has 0 saturated carbocycles. The molecule has 0 bridgehead atoms. The van der Waals surface area contributed by atoms with Crippen molar-refractivity contribution in [2.24, 2.45) is 5.73 Å². The van der Waals surface area contributed by atoms with Gasteiger partial charge in [-0.3, -0.25) is 5.10 Å². The maximum absolute atomic E-state index is 10.8. The van der Waals surface area contributed by atoms with Gasteiger partial charge in [-0.2, -0.15) is 5.26 Å². The van der Waals surface area contributed by atoms with Crippen molar-refractivity contribution < 1.29 is 14.6 Å². The van der Waals surface area contributed by atoms with Crippen molar-refractivity contribution in [2.45, 2.75) is 5.92 Å². The lowest BCUT2D eigenvalue weighted by atomic mass is 9.82. The van der Waals surface area contributed by atoms with Gasteiger partial charge >= 0.3 is 0 Å². The van der Waals surface area contributed by atoms with Crippen LogP contribution in [0.15, 0.2) is 47.9 Å². The number of allylic oxidation sites excluding steroid dienone is 1. The number of phenolic OH excluding ortho intramolecular Hbond substituents is 1. The molecular weight excluding hydrogens is 598 g/mol. The quantitative estimate of drug-likeness (QED) is 0.382. The minimum Gasteiger partial charge on any atom is -0.507 e. The highest BCUT2D eigenvalue weighted by molar-refractivity contribution is 14.1. The molecule has 0 unspecified atom stereocenters. The molecule has 3 aromatic rings. The number of fused-ring (bicyclic) bond motifs is 1. The highest BCUT2D eigenvalue weighted by Gasteiger charge is 2.37. The topological polar surface area (TPSA) is 117 Å². The van der Waals surface area contributed by atoms with Crippen LogP contribution in [0.25, 0.3) is 11.3 Å². The Morgan fingerprint density at radius 2 is 2.00 bits per heavy atom. The fourth-order valence-electron chi connectivity index (χ4n) is 3.34. The number of methoxy groups -OCH3 is 1. The van der Waals surface area contributed by atoms with E-state index in [1.165, 1.54) is 0 Å². The van der Waals surface area contributed by atoms with Gasteiger partial charge in [0.15, 0.2) is 0 Å². The van der Waals surface area contributed by atoms with Crippen molar-refractivity contribution >= 4 is 45.2 Å². The number of benzene rings is 2. The number of H-pyrrole nitrogens is 1. The molecule has 7 nitrogen and oxygen atoms in total. The van der Waals surface area contributed by atoms with Crippen molar-refractivity contribution in [1.29, 1.82) is 5.26 Å². The second-order valence-electron chi connectivity index (χ2n) is 6.30. The van der Waals surface area contributed by atoms with Crippen LogP contribution < -0.4 is 15.2 Å². The molecule has 1 aromatic heterocycles. The molecule has 4 N–H and O–H groups in total. The zero-order chi connectivity index (χ0) is 20.7. The maximum Gasteiger partial charge on any atom is 0.244 e. The fraction of sp³-hybridized carbons (Fsp3) is 0.100. The Kier molecular flexibility index (Phi) is 5.30. The Morgan fingerprint density at radius 1 is 1.28 bits per heavy atom. The highest BCUT2D eigenvalue weighted by Crippen LogP contribution is 2.48. The molecule has 0 fully saturated rings. The van der Waals surface area contributed by atoms with Crippen LogP contribution in [0.2, 0.25) is 0 Å². The molecule has 2 heterocycles. The lowest BCUT2D eigenvalue weighted by molar-refractivity contribution is 0.377. The van der Waals surface area contributed by atoms with E-state index in [2.05, 4.69) is 61.4 Å². The van der Waals surface area contributed by atoms with E-state index in [9.17, 15) is 10.4 Å².